The highest BCUT2D eigenvalue weighted by Crippen LogP contribution is 2.26. The number of nitrogens with one attached hydrogen (secondary N) is 2. The fourth-order valence-electron chi connectivity index (χ4n) is 1.58. The monoisotopic (exact) mass is 256 g/mol. The topological polar surface area (TPSA) is 82.2 Å². The number of hydrogen-bond acceptors (Lipinski definition) is 2. The van der Waals surface area contributed by atoms with Crippen molar-refractivity contribution in [1.82, 2.24) is 5.32 Å². The summed E-state index contributed by atoms with van der Waals surface area (Å²) in [5.41, 5.74) is 5.32. The van der Waals surface area contributed by atoms with Crippen LogP contribution in [0.5, 0.6) is 0 Å². The molecule has 18 heavy (non-hydrogen) atoms. The van der Waals surface area contributed by atoms with E-state index in [2.05, 4.69) is 5.32 Å². The van der Waals surface area contributed by atoms with E-state index in [4.69, 9.17) is 11.1 Å². The molecule has 0 unspecified atom stereocenters. The number of rotatable bonds is 2. The molecule has 1 rings (SSSR count). The van der Waals surface area contributed by atoms with Gasteiger partial charge in [0.1, 0.15) is 5.82 Å². The molecule has 0 heterocycles. The van der Waals surface area contributed by atoms with Crippen LogP contribution in [0.25, 0.3) is 0 Å². The normalized spacial score (nSPS) is 10.0. The van der Waals surface area contributed by atoms with E-state index in [1.165, 1.54) is 7.05 Å². The van der Waals surface area contributed by atoms with Crippen molar-refractivity contribution < 1.29 is 13.6 Å². The van der Waals surface area contributed by atoms with E-state index in [-0.39, 0.29) is 11.3 Å². The Hall–Kier alpha value is -2.18. The predicted octanol–water partition coefficient (Wildman–Crippen LogP) is 1.57. The van der Waals surface area contributed by atoms with Gasteiger partial charge >= 0.3 is 6.03 Å². The van der Waals surface area contributed by atoms with Gasteiger partial charge in [0.25, 0.3) is 0 Å². The van der Waals surface area contributed by atoms with E-state index < -0.39 is 23.6 Å². The van der Waals surface area contributed by atoms with Crippen molar-refractivity contribution in [3.05, 3.63) is 29.3 Å². The number of benzene rings is 1. The summed E-state index contributed by atoms with van der Waals surface area (Å²) in [6, 6.07) is 0.993. The lowest BCUT2D eigenvalue weighted by Crippen LogP contribution is -2.47. The summed E-state index contributed by atoms with van der Waals surface area (Å²) in [5.74, 6) is -2.33. The Morgan fingerprint density at radius 2 is 2.11 bits per heavy atom. The minimum atomic E-state index is -0.939. The lowest BCUT2D eigenvalue weighted by molar-refractivity contribution is 0.250. The van der Waals surface area contributed by atoms with Crippen molar-refractivity contribution in [2.45, 2.75) is 13.3 Å². The maximum Gasteiger partial charge on any atom is 0.328 e. The molecule has 0 saturated heterocycles. The molecule has 1 aromatic rings. The first-order valence-electron chi connectivity index (χ1n) is 5.26. The van der Waals surface area contributed by atoms with Crippen LogP contribution in [-0.2, 0) is 6.42 Å². The van der Waals surface area contributed by atoms with Gasteiger partial charge in [-0.15, -0.1) is 0 Å². The number of nitrogens with two attached hydrogens (primary N) is 1. The van der Waals surface area contributed by atoms with Gasteiger partial charge in [0.15, 0.2) is 5.82 Å². The van der Waals surface area contributed by atoms with E-state index in [0.717, 1.165) is 6.07 Å². The summed E-state index contributed by atoms with van der Waals surface area (Å²) in [7, 11) is 1.32. The third-order valence-corrected chi connectivity index (χ3v) is 2.37. The quantitative estimate of drug-likeness (QED) is 0.554. The molecular weight excluding hydrogens is 242 g/mol. The first-order chi connectivity index (χ1) is 8.42. The summed E-state index contributed by atoms with van der Waals surface area (Å²) >= 11 is 0. The van der Waals surface area contributed by atoms with Crippen molar-refractivity contribution in [1.29, 1.82) is 5.41 Å². The second-order valence-electron chi connectivity index (χ2n) is 3.52. The molecule has 0 aliphatic heterocycles. The minimum absolute atomic E-state index is 0.203. The third-order valence-electron chi connectivity index (χ3n) is 2.37. The van der Waals surface area contributed by atoms with Crippen LogP contribution in [0.1, 0.15) is 12.5 Å². The van der Waals surface area contributed by atoms with Crippen molar-refractivity contribution in [2.24, 2.45) is 5.73 Å². The highest BCUT2D eigenvalue weighted by Gasteiger charge is 2.24. The summed E-state index contributed by atoms with van der Waals surface area (Å²) in [5, 5.41) is 9.57. The maximum atomic E-state index is 13.8. The van der Waals surface area contributed by atoms with Crippen LogP contribution in [-0.4, -0.2) is 19.0 Å². The zero-order chi connectivity index (χ0) is 13.9. The standard InChI is InChI=1S/C11H14F2N4O/c1-3-6-4-7(12)5-8(13)9(6)17(10(14)15)11(18)16-2/h4-5H,3H2,1-2H3,(H3,14,15)(H,16,18). The maximum absolute atomic E-state index is 13.8. The van der Waals surface area contributed by atoms with E-state index >= 15 is 0 Å². The molecule has 7 heteroatoms. The number of carbonyl (C=O) groups excluding carboxylic acids is 1. The highest BCUT2D eigenvalue weighted by atomic mass is 19.1. The first-order valence-corrected chi connectivity index (χ1v) is 5.26. The Bertz CT molecular complexity index is 490. The van der Waals surface area contributed by atoms with Crippen LogP contribution >= 0.6 is 0 Å². The lowest BCUT2D eigenvalue weighted by atomic mass is 10.1. The van der Waals surface area contributed by atoms with Crippen LogP contribution in [0.15, 0.2) is 12.1 Å². The van der Waals surface area contributed by atoms with Gasteiger partial charge in [0.05, 0.1) is 5.69 Å². The molecule has 1 aromatic carbocycles. The predicted molar refractivity (Wildman–Crippen MR) is 64.6 cm³/mol. The Labute approximate surface area is 103 Å². The van der Waals surface area contributed by atoms with Gasteiger partial charge in [0, 0.05) is 13.1 Å². The molecule has 5 nitrogen and oxygen atoms in total. The molecule has 2 amide bonds. The van der Waals surface area contributed by atoms with Crippen LogP contribution in [0.2, 0.25) is 0 Å². The second kappa shape index (κ2) is 5.44. The molecule has 0 radical (unpaired) electrons. The number of carbonyl (C=O) groups is 1. The molecule has 0 fully saturated rings. The zero-order valence-corrected chi connectivity index (χ0v) is 10.1. The van der Waals surface area contributed by atoms with Crippen LogP contribution in [0, 0.1) is 17.0 Å². The van der Waals surface area contributed by atoms with Gasteiger partial charge in [-0.05, 0) is 18.1 Å². The van der Waals surface area contributed by atoms with Gasteiger partial charge in [-0.3, -0.25) is 5.41 Å². The molecular formula is C11H14F2N4O. The lowest BCUT2D eigenvalue weighted by Gasteiger charge is -2.23. The number of amides is 2. The minimum Gasteiger partial charge on any atom is -0.369 e. The van der Waals surface area contributed by atoms with E-state index in [9.17, 15) is 13.6 Å². The Kier molecular flexibility index (Phi) is 4.19. The fourth-order valence-corrected chi connectivity index (χ4v) is 1.58. The Balaban J connectivity index is 3.45. The fraction of sp³-hybridized carbons (Fsp3) is 0.273. The average Bonchev–Trinajstić information content (AvgIpc) is 2.30. The summed E-state index contributed by atoms with van der Waals surface area (Å²) in [6.45, 7) is 1.68. The molecule has 98 valence electrons. The number of halogens is 2. The number of nitrogens with zero attached hydrogens (tertiary/aromatic N) is 1. The van der Waals surface area contributed by atoms with Gasteiger partial charge < -0.3 is 11.1 Å². The number of urea groups is 1. The van der Waals surface area contributed by atoms with Crippen LogP contribution < -0.4 is 16.0 Å². The molecule has 0 saturated carbocycles. The largest absolute Gasteiger partial charge is 0.369 e. The SMILES string of the molecule is CCc1cc(F)cc(F)c1N(C(=N)N)C(=O)NC. The van der Waals surface area contributed by atoms with E-state index in [1.807, 2.05) is 0 Å². The number of hydrogen-bond donors (Lipinski definition) is 3. The molecule has 0 spiro atoms. The molecule has 0 atom stereocenters. The van der Waals surface area contributed by atoms with Crippen LogP contribution in [0.3, 0.4) is 0 Å². The van der Waals surface area contributed by atoms with E-state index in [0.29, 0.717) is 17.4 Å². The zero-order valence-electron chi connectivity index (χ0n) is 10.1. The number of aryl methyl sites for hydroxylation is 1. The second-order valence-corrected chi connectivity index (χ2v) is 3.52. The van der Waals surface area contributed by atoms with Crippen molar-refractivity contribution in [3.8, 4) is 0 Å². The Morgan fingerprint density at radius 1 is 1.50 bits per heavy atom. The van der Waals surface area contributed by atoms with Crippen molar-refractivity contribution >= 4 is 17.7 Å². The first kappa shape index (κ1) is 13.9. The average molecular weight is 256 g/mol. The van der Waals surface area contributed by atoms with Crippen LogP contribution in [0.4, 0.5) is 19.3 Å². The molecule has 0 aliphatic rings. The summed E-state index contributed by atoms with van der Waals surface area (Å²) in [4.78, 5) is 12.3. The summed E-state index contributed by atoms with van der Waals surface area (Å²) < 4.78 is 26.9. The Morgan fingerprint density at radius 3 is 2.56 bits per heavy atom. The smallest absolute Gasteiger partial charge is 0.328 e. The van der Waals surface area contributed by atoms with Gasteiger partial charge in [0.2, 0.25) is 5.96 Å². The third kappa shape index (κ3) is 2.55. The highest BCUT2D eigenvalue weighted by molar-refractivity contribution is 6.14. The summed E-state index contributed by atoms with van der Waals surface area (Å²) in [6.07, 6.45) is 0.296. The van der Waals surface area contributed by atoms with E-state index in [1.54, 1.807) is 6.92 Å². The van der Waals surface area contributed by atoms with Gasteiger partial charge in [-0.25, -0.2) is 18.5 Å². The van der Waals surface area contributed by atoms with Gasteiger partial charge in [-0.2, -0.15) is 0 Å². The van der Waals surface area contributed by atoms with Gasteiger partial charge in [-0.1, -0.05) is 6.92 Å². The molecule has 0 aromatic heterocycles. The number of guanidine groups is 1. The number of anilines is 1. The molecule has 0 aliphatic carbocycles. The van der Waals surface area contributed by atoms with Crippen molar-refractivity contribution in [3.63, 3.8) is 0 Å². The van der Waals surface area contributed by atoms with Crippen molar-refractivity contribution in [2.75, 3.05) is 11.9 Å². The molecule has 4 N–H and O–H groups in total. The molecule has 0 bridgehead atoms.